The van der Waals surface area contributed by atoms with Gasteiger partial charge in [0.2, 0.25) is 0 Å². The molecule has 2 aromatic heterocycles. The Hall–Kier alpha value is -2.61. The molecule has 0 bridgehead atoms. The molecule has 0 spiro atoms. The molecular weight excluding hydrogens is 353 g/mol. The van der Waals surface area contributed by atoms with Crippen molar-refractivity contribution in [1.29, 1.82) is 0 Å². The number of hydrogen-bond acceptors (Lipinski definition) is 5. The summed E-state index contributed by atoms with van der Waals surface area (Å²) < 4.78 is 20.9. The maximum atomic E-state index is 15.1. The molecule has 8 heteroatoms. The molecule has 1 aliphatic carbocycles. The number of nitrogens with zero attached hydrogens (tertiary/aromatic N) is 2. The van der Waals surface area contributed by atoms with Crippen LogP contribution in [0.3, 0.4) is 0 Å². The van der Waals surface area contributed by atoms with E-state index in [0.717, 1.165) is 36.6 Å². The van der Waals surface area contributed by atoms with Crippen LogP contribution in [0.15, 0.2) is 17.1 Å². The molecule has 1 unspecified atom stereocenters. The van der Waals surface area contributed by atoms with E-state index in [9.17, 15) is 9.59 Å². The van der Waals surface area contributed by atoms with Crippen LogP contribution in [-0.2, 0) is 6.42 Å². The first-order valence-electron chi connectivity index (χ1n) is 9.22. The van der Waals surface area contributed by atoms with Gasteiger partial charge in [-0.25, -0.2) is 9.18 Å². The molecule has 1 aliphatic heterocycles. The molecule has 1 atom stereocenters. The predicted molar refractivity (Wildman–Crippen MR) is 98.4 cm³/mol. The summed E-state index contributed by atoms with van der Waals surface area (Å²) in [4.78, 5) is 25.6. The van der Waals surface area contributed by atoms with Crippen molar-refractivity contribution >= 4 is 17.4 Å². The lowest BCUT2D eigenvalue weighted by Gasteiger charge is -2.25. The molecule has 27 heavy (non-hydrogen) atoms. The third kappa shape index (κ3) is 3.03. The Kier molecular flexibility index (Phi) is 4.30. The summed E-state index contributed by atoms with van der Waals surface area (Å²) in [5.74, 6) is -0.578. The van der Waals surface area contributed by atoms with Crippen molar-refractivity contribution in [2.75, 3.05) is 18.0 Å². The van der Waals surface area contributed by atoms with E-state index in [2.05, 4.69) is 4.74 Å². The van der Waals surface area contributed by atoms with Crippen LogP contribution in [0.5, 0.6) is 5.75 Å². The molecule has 1 saturated carbocycles. The van der Waals surface area contributed by atoms with E-state index in [4.69, 9.17) is 10.8 Å². The van der Waals surface area contributed by atoms with Gasteiger partial charge < -0.3 is 20.5 Å². The Labute approximate surface area is 155 Å². The number of carbonyl (C=O) groups is 1. The molecule has 2 aliphatic rings. The van der Waals surface area contributed by atoms with Crippen molar-refractivity contribution in [3.05, 3.63) is 39.6 Å². The minimum atomic E-state index is -1.56. The number of pyridine rings is 2. The van der Waals surface area contributed by atoms with Gasteiger partial charge in [-0.2, -0.15) is 0 Å². The Balaban J connectivity index is 2.01. The van der Waals surface area contributed by atoms with Crippen LogP contribution in [0.4, 0.5) is 14.9 Å². The van der Waals surface area contributed by atoms with Crippen molar-refractivity contribution in [1.82, 2.24) is 4.40 Å². The number of ether oxygens (including phenoxy) is 1. The standard InChI is InChI=1S/C19H22FN3O4/c1-2-12-16-13(10-3-4-10)7-15(27-19(25)26)18(24)23(16)9-14(20)17(12)22-6-5-11(21)8-22/h7,9-11H,2-6,8,21H2,1H3,(H,25,26). The van der Waals surface area contributed by atoms with E-state index in [-0.39, 0.29) is 17.7 Å². The van der Waals surface area contributed by atoms with Gasteiger partial charge in [0.25, 0.3) is 5.56 Å². The van der Waals surface area contributed by atoms with Gasteiger partial charge in [0.05, 0.1) is 17.4 Å². The van der Waals surface area contributed by atoms with Crippen molar-refractivity contribution in [2.24, 2.45) is 5.73 Å². The average Bonchev–Trinajstić information content (AvgIpc) is 3.37. The molecule has 2 fully saturated rings. The highest BCUT2D eigenvalue weighted by atomic mass is 19.1. The van der Waals surface area contributed by atoms with Gasteiger partial charge in [-0.3, -0.25) is 9.20 Å². The lowest BCUT2D eigenvalue weighted by molar-refractivity contribution is 0.143. The maximum absolute atomic E-state index is 15.1. The number of hydrogen-bond donors (Lipinski definition) is 2. The van der Waals surface area contributed by atoms with Crippen LogP contribution >= 0.6 is 0 Å². The first kappa shape index (κ1) is 17.8. The largest absolute Gasteiger partial charge is 0.511 e. The van der Waals surface area contributed by atoms with Crippen LogP contribution in [0.1, 0.15) is 43.2 Å². The summed E-state index contributed by atoms with van der Waals surface area (Å²) in [6.45, 7) is 3.17. The molecular formula is C19H22FN3O4. The normalized spacial score (nSPS) is 19.7. The quantitative estimate of drug-likeness (QED) is 0.797. The Bertz CT molecular complexity index is 983. The number of halogens is 1. The zero-order chi connectivity index (χ0) is 19.3. The lowest BCUT2D eigenvalue weighted by Crippen LogP contribution is -2.29. The summed E-state index contributed by atoms with van der Waals surface area (Å²) in [7, 11) is 0. The maximum Gasteiger partial charge on any atom is 0.511 e. The third-order valence-corrected chi connectivity index (χ3v) is 5.38. The van der Waals surface area contributed by atoms with Crippen LogP contribution in [-0.4, -0.2) is 34.8 Å². The number of rotatable bonds is 4. The average molecular weight is 375 g/mol. The minimum absolute atomic E-state index is 0.00164. The Morgan fingerprint density at radius 2 is 2.15 bits per heavy atom. The number of aromatic nitrogens is 1. The van der Waals surface area contributed by atoms with E-state index >= 15 is 4.39 Å². The van der Waals surface area contributed by atoms with E-state index in [1.54, 1.807) is 0 Å². The predicted octanol–water partition coefficient (Wildman–Crippen LogP) is 2.47. The summed E-state index contributed by atoms with van der Waals surface area (Å²) in [6.07, 6.45) is 2.82. The summed E-state index contributed by atoms with van der Waals surface area (Å²) in [5.41, 5.74) is 8.09. The second-order valence-corrected chi connectivity index (χ2v) is 7.28. The lowest BCUT2D eigenvalue weighted by atomic mass is 10.0. The molecule has 7 nitrogen and oxygen atoms in total. The fourth-order valence-electron chi connectivity index (χ4n) is 4.04. The highest BCUT2D eigenvalue weighted by Crippen LogP contribution is 2.45. The van der Waals surface area contributed by atoms with Crippen LogP contribution in [0.25, 0.3) is 5.52 Å². The van der Waals surface area contributed by atoms with E-state index < -0.39 is 17.5 Å². The second-order valence-electron chi connectivity index (χ2n) is 7.28. The van der Waals surface area contributed by atoms with Gasteiger partial charge in [0, 0.05) is 24.7 Å². The molecule has 4 rings (SSSR count). The fraction of sp³-hybridized carbons (Fsp3) is 0.474. The molecule has 144 valence electrons. The van der Waals surface area contributed by atoms with Crippen LogP contribution < -0.4 is 20.9 Å². The Morgan fingerprint density at radius 1 is 1.41 bits per heavy atom. The molecule has 0 radical (unpaired) electrons. The van der Waals surface area contributed by atoms with Crippen LogP contribution in [0, 0.1) is 5.82 Å². The van der Waals surface area contributed by atoms with E-state index in [1.807, 2.05) is 11.8 Å². The van der Waals surface area contributed by atoms with E-state index in [0.29, 0.717) is 30.7 Å². The number of carboxylic acid groups (broad SMARTS) is 1. The first-order valence-corrected chi connectivity index (χ1v) is 9.22. The fourth-order valence-corrected chi connectivity index (χ4v) is 4.04. The van der Waals surface area contributed by atoms with Crippen molar-refractivity contribution < 1.29 is 19.0 Å². The van der Waals surface area contributed by atoms with Gasteiger partial charge in [0.15, 0.2) is 11.6 Å². The molecule has 2 aromatic rings. The third-order valence-electron chi connectivity index (χ3n) is 5.38. The van der Waals surface area contributed by atoms with E-state index in [1.165, 1.54) is 10.5 Å². The Morgan fingerprint density at radius 3 is 2.70 bits per heavy atom. The molecule has 3 heterocycles. The number of nitrogens with two attached hydrogens (primary N) is 1. The highest BCUT2D eigenvalue weighted by Gasteiger charge is 2.32. The summed E-state index contributed by atoms with van der Waals surface area (Å²) in [6, 6.07) is 1.52. The zero-order valence-electron chi connectivity index (χ0n) is 15.1. The zero-order valence-corrected chi connectivity index (χ0v) is 15.1. The van der Waals surface area contributed by atoms with Gasteiger partial charge in [-0.05, 0) is 43.2 Å². The number of aryl methyl sites for hydroxylation is 1. The summed E-state index contributed by atoms with van der Waals surface area (Å²) in [5, 5.41) is 8.91. The molecule has 0 aromatic carbocycles. The van der Waals surface area contributed by atoms with Crippen molar-refractivity contribution in [2.45, 2.75) is 44.6 Å². The monoisotopic (exact) mass is 375 g/mol. The highest BCUT2D eigenvalue weighted by molar-refractivity contribution is 5.75. The van der Waals surface area contributed by atoms with Gasteiger partial charge >= 0.3 is 6.16 Å². The number of fused-ring (bicyclic) bond motifs is 1. The smallest absolute Gasteiger partial charge is 0.449 e. The van der Waals surface area contributed by atoms with Crippen LogP contribution in [0.2, 0.25) is 0 Å². The van der Waals surface area contributed by atoms with Gasteiger partial charge in [-0.1, -0.05) is 6.92 Å². The molecule has 3 N–H and O–H groups in total. The number of anilines is 1. The molecule has 1 saturated heterocycles. The minimum Gasteiger partial charge on any atom is -0.449 e. The first-order chi connectivity index (χ1) is 12.9. The second kappa shape index (κ2) is 6.53. The van der Waals surface area contributed by atoms with Gasteiger partial charge in [-0.15, -0.1) is 0 Å². The molecule has 0 amide bonds. The SMILES string of the molecule is CCc1c(N2CCC(N)C2)c(F)cn2c(=O)c(OC(=O)O)cc(C3CC3)c12. The van der Waals surface area contributed by atoms with Crippen molar-refractivity contribution in [3.63, 3.8) is 0 Å². The topological polar surface area (TPSA) is 97.3 Å². The van der Waals surface area contributed by atoms with Crippen molar-refractivity contribution in [3.8, 4) is 5.75 Å². The van der Waals surface area contributed by atoms with Gasteiger partial charge in [0.1, 0.15) is 0 Å². The summed E-state index contributed by atoms with van der Waals surface area (Å²) >= 11 is 0.